The Labute approximate surface area is 116 Å². The summed E-state index contributed by atoms with van der Waals surface area (Å²) in [6.07, 6.45) is 6.93. The van der Waals surface area contributed by atoms with E-state index in [1.54, 1.807) is 4.90 Å². The van der Waals surface area contributed by atoms with Crippen molar-refractivity contribution in [3.8, 4) is 0 Å². The second-order valence-electron chi connectivity index (χ2n) is 5.45. The first-order valence-electron chi connectivity index (χ1n) is 6.84. The Hall–Kier alpha value is -1.98. The molecule has 1 saturated heterocycles. The summed E-state index contributed by atoms with van der Waals surface area (Å²) >= 11 is 0. The van der Waals surface area contributed by atoms with Crippen LogP contribution in [0.4, 0.5) is 9.18 Å². The molecular weight excluding hydrogens is 261 g/mol. The normalized spacial score (nSPS) is 21.4. The first-order valence-corrected chi connectivity index (χ1v) is 6.84. The molecule has 20 heavy (non-hydrogen) atoms. The number of amides is 3. The second-order valence-corrected chi connectivity index (χ2v) is 5.45. The molecule has 0 aromatic carbocycles. The van der Waals surface area contributed by atoms with E-state index < -0.39 is 11.4 Å². The van der Waals surface area contributed by atoms with Crippen molar-refractivity contribution in [3.05, 3.63) is 29.8 Å². The zero-order valence-corrected chi connectivity index (χ0v) is 11.1. The van der Waals surface area contributed by atoms with Gasteiger partial charge in [0.05, 0.1) is 12.7 Å². The van der Waals surface area contributed by atoms with Crippen molar-refractivity contribution in [3.63, 3.8) is 0 Å². The van der Waals surface area contributed by atoms with Crippen molar-refractivity contribution in [2.24, 2.45) is 0 Å². The molecule has 0 radical (unpaired) electrons. The predicted molar refractivity (Wildman–Crippen MR) is 69.1 cm³/mol. The zero-order chi connectivity index (χ0) is 14.2. The number of carbonyl (C=O) groups excluding carboxylic acids is 2. The van der Waals surface area contributed by atoms with Gasteiger partial charge in [-0.1, -0.05) is 19.3 Å². The number of hydrogen-bond acceptors (Lipinski definition) is 3. The van der Waals surface area contributed by atoms with Gasteiger partial charge in [0.15, 0.2) is 0 Å². The number of rotatable bonds is 2. The van der Waals surface area contributed by atoms with Gasteiger partial charge in [0, 0.05) is 6.20 Å². The van der Waals surface area contributed by atoms with E-state index in [9.17, 15) is 14.0 Å². The van der Waals surface area contributed by atoms with Gasteiger partial charge in [-0.25, -0.2) is 9.18 Å². The van der Waals surface area contributed by atoms with Gasteiger partial charge >= 0.3 is 6.03 Å². The molecule has 1 spiro atoms. The maximum Gasteiger partial charge on any atom is 0.325 e. The Balaban J connectivity index is 1.89. The van der Waals surface area contributed by atoms with Gasteiger partial charge in [-0.3, -0.25) is 15.1 Å². The van der Waals surface area contributed by atoms with Gasteiger partial charge in [0.1, 0.15) is 11.4 Å². The van der Waals surface area contributed by atoms with E-state index in [2.05, 4.69) is 10.3 Å². The molecule has 1 N–H and O–H groups in total. The Morgan fingerprint density at radius 1 is 1.25 bits per heavy atom. The molecule has 5 nitrogen and oxygen atoms in total. The fraction of sp³-hybridized carbons (Fsp3) is 0.500. The minimum atomic E-state index is -0.748. The van der Waals surface area contributed by atoms with Crippen LogP contribution < -0.4 is 5.32 Å². The smallest absolute Gasteiger partial charge is 0.305 e. The lowest BCUT2D eigenvalue weighted by molar-refractivity contribution is -0.128. The van der Waals surface area contributed by atoms with E-state index in [0.717, 1.165) is 25.5 Å². The fourth-order valence-corrected chi connectivity index (χ4v) is 3.18. The molecule has 6 heteroatoms. The standard InChI is InChI=1S/C14H16FN3O2/c15-11-6-10(7-16-8-11)9-18-13(20)17-12(19)14(18)4-2-1-3-5-14/h6-8H,1-5,9H2,(H,17,19,20). The number of aromatic nitrogens is 1. The van der Waals surface area contributed by atoms with Crippen LogP contribution in [0.3, 0.4) is 0 Å². The summed E-state index contributed by atoms with van der Waals surface area (Å²) in [4.78, 5) is 29.5. The van der Waals surface area contributed by atoms with Gasteiger partial charge in [-0.15, -0.1) is 0 Å². The molecule has 1 saturated carbocycles. The number of imide groups is 1. The number of nitrogens with zero attached hydrogens (tertiary/aromatic N) is 2. The maximum absolute atomic E-state index is 13.2. The third-order valence-electron chi connectivity index (χ3n) is 4.19. The summed E-state index contributed by atoms with van der Waals surface area (Å²) in [6.45, 7) is 0.211. The Morgan fingerprint density at radius 3 is 2.70 bits per heavy atom. The highest BCUT2D eigenvalue weighted by molar-refractivity contribution is 6.07. The van der Waals surface area contributed by atoms with Crippen LogP contribution in [0.25, 0.3) is 0 Å². The quantitative estimate of drug-likeness (QED) is 0.841. The highest BCUT2D eigenvalue weighted by Crippen LogP contribution is 2.37. The van der Waals surface area contributed by atoms with Crippen LogP contribution in [0.1, 0.15) is 37.7 Å². The molecular formula is C14H16FN3O2. The number of carbonyl (C=O) groups is 2. The summed E-state index contributed by atoms with van der Waals surface area (Å²) in [5.74, 6) is -0.655. The lowest BCUT2D eigenvalue weighted by Gasteiger charge is -2.38. The van der Waals surface area contributed by atoms with Gasteiger partial charge < -0.3 is 4.90 Å². The predicted octanol–water partition coefficient (Wildman–Crippen LogP) is 1.98. The van der Waals surface area contributed by atoms with Crippen LogP contribution in [-0.2, 0) is 11.3 Å². The van der Waals surface area contributed by atoms with Crippen LogP contribution in [0, 0.1) is 5.82 Å². The SMILES string of the molecule is O=C1NC(=O)C2(CCCCC2)N1Cc1cncc(F)c1. The van der Waals surface area contributed by atoms with Gasteiger partial charge in [0.25, 0.3) is 5.91 Å². The van der Waals surface area contributed by atoms with E-state index in [1.807, 2.05) is 0 Å². The first kappa shape index (κ1) is 13.0. The van der Waals surface area contributed by atoms with Crippen molar-refractivity contribution in [1.82, 2.24) is 15.2 Å². The zero-order valence-electron chi connectivity index (χ0n) is 11.1. The monoisotopic (exact) mass is 277 g/mol. The van der Waals surface area contributed by atoms with Crippen LogP contribution in [0.5, 0.6) is 0 Å². The van der Waals surface area contributed by atoms with E-state index in [-0.39, 0.29) is 18.5 Å². The number of hydrogen-bond donors (Lipinski definition) is 1. The molecule has 0 unspecified atom stereocenters. The second kappa shape index (κ2) is 4.85. The summed E-state index contributed by atoms with van der Waals surface area (Å²) in [7, 11) is 0. The van der Waals surface area contributed by atoms with Crippen LogP contribution >= 0.6 is 0 Å². The first-order chi connectivity index (χ1) is 9.62. The van der Waals surface area contributed by atoms with Gasteiger partial charge in [-0.05, 0) is 24.5 Å². The molecule has 3 rings (SSSR count). The molecule has 0 bridgehead atoms. The fourth-order valence-electron chi connectivity index (χ4n) is 3.18. The van der Waals surface area contributed by atoms with E-state index in [4.69, 9.17) is 0 Å². The number of urea groups is 1. The Morgan fingerprint density at radius 2 is 2.00 bits per heavy atom. The van der Waals surface area contributed by atoms with Crippen LogP contribution in [0.2, 0.25) is 0 Å². The lowest BCUT2D eigenvalue weighted by Crippen LogP contribution is -2.50. The van der Waals surface area contributed by atoms with E-state index in [1.165, 1.54) is 12.3 Å². The minimum absolute atomic E-state index is 0.211. The van der Waals surface area contributed by atoms with Crippen molar-refractivity contribution in [1.29, 1.82) is 0 Å². The number of nitrogens with one attached hydrogen (secondary N) is 1. The number of halogens is 1. The van der Waals surface area contributed by atoms with Crippen molar-refractivity contribution >= 4 is 11.9 Å². The molecule has 1 aliphatic carbocycles. The van der Waals surface area contributed by atoms with E-state index in [0.29, 0.717) is 18.4 Å². The Kier molecular flexibility index (Phi) is 3.16. The highest BCUT2D eigenvalue weighted by atomic mass is 19.1. The van der Waals surface area contributed by atoms with Crippen molar-refractivity contribution < 1.29 is 14.0 Å². The molecule has 0 atom stereocenters. The largest absolute Gasteiger partial charge is 0.325 e. The minimum Gasteiger partial charge on any atom is -0.305 e. The third kappa shape index (κ3) is 2.05. The molecule has 3 amide bonds. The van der Waals surface area contributed by atoms with Gasteiger partial charge in [-0.2, -0.15) is 0 Å². The van der Waals surface area contributed by atoms with Crippen LogP contribution in [0.15, 0.2) is 18.5 Å². The average Bonchev–Trinajstić information content (AvgIpc) is 2.65. The molecule has 2 heterocycles. The van der Waals surface area contributed by atoms with E-state index >= 15 is 0 Å². The summed E-state index contributed by atoms with van der Waals surface area (Å²) < 4.78 is 13.2. The molecule has 2 aliphatic rings. The molecule has 1 aromatic heterocycles. The summed E-state index contributed by atoms with van der Waals surface area (Å²) in [5.41, 5.74) is -0.151. The molecule has 1 aromatic rings. The van der Waals surface area contributed by atoms with Gasteiger partial charge in [0.2, 0.25) is 0 Å². The lowest BCUT2D eigenvalue weighted by atomic mass is 9.80. The summed E-state index contributed by atoms with van der Waals surface area (Å²) in [5, 5.41) is 2.40. The topological polar surface area (TPSA) is 62.3 Å². The van der Waals surface area contributed by atoms with Crippen molar-refractivity contribution in [2.45, 2.75) is 44.2 Å². The van der Waals surface area contributed by atoms with Crippen LogP contribution in [-0.4, -0.2) is 27.4 Å². The number of pyridine rings is 1. The highest BCUT2D eigenvalue weighted by Gasteiger charge is 2.52. The molecule has 106 valence electrons. The van der Waals surface area contributed by atoms with Crippen molar-refractivity contribution in [2.75, 3.05) is 0 Å². The molecule has 2 fully saturated rings. The maximum atomic E-state index is 13.2. The Bertz CT molecular complexity index is 555. The average molecular weight is 277 g/mol. The molecule has 1 aliphatic heterocycles. The summed E-state index contributed by atoms with van der Waals surface area (Å²) in [6, 6.07) is 0.959. The third-order valence-corrected chi connectivity index (χ3v) is 4.19.